The van der Waals surface area contributed by atoms with Crippen molar-refractivity contribution in [2.45, 2.75) is 38.3 Å². The minimum absolute atomic E-state index is 0.0462. The minimum atomic E-state index is -0.225. The minimum Gasteiger partial charge on any atom is -0.473 e. The van der Waals surface area contributed by atoms with Gasteiger partial charge in [0, 0.05) is 44.9 Å². The Morgan fingerprint density at radius 1 is 1.24 bits per heavy atom. The number of halogens is 1. The van der Waals surface area contributed by atoms with Crippen LogP contribution in [0.25, 0.3) is 0 Å². The molecular weight excluding hydrogens is 392 g/mol. The zero-order chi connectivity index (χ0) is 20.1. The van der Waals surface area contributed by atoms with E-state index in [9.17, 15) is 4.79 Å². The highest BCUT2D eigenvalue weighted by Gasteiger charge is 2.19. The number of aromatic nitrogens is 2. The molecule has 29 heavy (non-hydrogen) atoms. The van der Waals surface area contributed by atoms with Crippen LogP contribution >= 0.6 is 11.6 Å². The molecule has 2 saturated heterocycles. The van der Waals surface area contributed by atoms with Gasteiger partial charge in [0.1, 0.15) is 16.9 Å². The molecule has 2 aliphatic rings. The van der Waals surface area contributed by atoms with E-state index in [1.807, 2.05) is 12.1 Å². The molecule has 0 aliphatic carbocycles. The number of pyridine rings is 2. The van der Waals surface area contributed by atoms with Crippen LogP contribution in [0.3, 0.4) is 0 Å². The van der Waals surface area contributed by atoms with Crippen molar-refractivity contribution in [3.63, 3.8) is 0 Å². The first kappa shape index (κ1) is 19.9. The summed E-state index contributed by atoms with van der Waals surface area (Å²) in [5, 5.41) is 3.26. The maximum absolute atomic E-state index is 12.5. The fourth-order valence-corrected chi connectivity index (χ4v) is 3.77. The Balaban J connectivity index is 1.34. The number of ether oxygens (including phenoxy) is 2. The number of hydrogen-bond acceptors (Lipinski definition) is 6. The van der Waals surface area contributed by atoms with Crippen LogP contribution in [-0.4, -0.2) is 48.3 Å². The van der Waals surface area contributed by atoms with E-state index in [2.05, 4.69) is 20.2 Å². The van der Waals surface area contributed by atoms with Gasteiger partial charge in [-0.3, -0.25) is 4.79 Å². The van der Waals surface area contributed by atoms with Gasteiger partial charge in [-0.1, -0.05) is 11.6 Å². The fraction of sp³-hybridized carbons (Fsp3) is 0.476. The van der Waals surface area contributed by atoms with Crippen molar-refractivity contribution >= 4 is 23.3 Å². The van der Waals surface area contributed by atoms with E-state index in [1.165, 1.54) is 19.0 Å². The molecule has 0 radical (unpaired) electrons. The molecule has 2 aromatic rings. The van der Waals surface area contributed by atoms with Crippen LogP contribution in [0.4, 0.5) is 5.82 Å². The molecule has 0 atom stereocenters. The number of rotatable bonds is 6. The second kappa shape index (κ2) is 9.41. The third-order valence-corrected chi connectivity index (χ3v) is 5.48. The highest BCUT2D eigenvalue weighted by molar-refractivity contribution is 6.32. The topological polar surface area (TPSA) is 76.6 Å². The summed E-state index contributed by atoms with van der Waals surface area (Å²) in [4.78, 5) is 23.5. The number of nitrogens with one attached hydrogen (secondary N) is 1. The highest BCUT2D eigenvalue weighted by atomic mass is 35.5. The standard InChI is InChI=1S/C21H25ClN4O3/c22-18-12-16(14-25-21(18)29-17-4-9-28-10-5-17)20(27)24-13-15-3-6-23-19(11-15)26-7-1-2-8-26/h3,6,11-12,14,17H,1-2,4-5,7-10,13H2,(H,24,27). The molecule has 0 aromatic carbocycles. The van der Waals surface area contributed by atoms with Crippen molar-refractivity contribution in [3.8, 4) is 5.88 Å². The van der Waals surface area contributed by atoms with Crippen molar-refractivity contribution in [1.29, 1.82) is 0 Å². The Bertz CT molecular complexity index is 852. The van der Waals surface area contributed by atoms with Gasteiger partial charge in [0.15, 0.2) is 0 Å². The maximum Gasteiger partial charge on any atom is 0.253 e. The van der Waals surface area contributed by atoms with Crippen molar-refractivity contribution in [2.24, 2.45) is 0 Å². The van der Waals surface area contributed by atoms with Crippen molar-refractivity contribution in [3.05, 3.63) is 46.7 Å². The van der Waals surface area contributed by atoms with Gasteiger partial charge in [0.25, 0.3) is 5.91 Å². The van der Waals surface area contributed by atoms with Gasteiger partial charge in [0.05, 0.1) is 18.8 Å². The number of carbonyl (C=O) groups excluding carboxylic acids is 1. The van der Waals surface area contributed by atoms with E-state index in [4.69, 9.17) is 21.1 Å². The van der Waals surface area contributed by atoms with E-state index >= 15 is 0 Å². The Labute approximate surface area is 175 Å². The smallest absolute Gasteiger partial charge is 0.253 e. The summed E-state index contributed by atoms with van der Waals surface area (Å²) in [5.41, 5.74) is 1.41. The summed E-state index contributed by atoms with van der Waals surface area (Å²) in [6, 6.07) is 5.54. The zero-order valence-corrected chi connectivity index (χ0v) is 17.0. The van der Waals surface area contributed by atoms with E-state index in [0.717, 1.165) is 37.3 Å². The summed E-state index contributed by atoms with van der Waals surface area (Å²) in [7, 11) is 0. The second-order valence-corrected chi connectivity index (χ2v) is 7.75. The van der Waals surface area contributed by atoms with Crippen LogP contribution in [0.2, 0.25) is 5.02 Å². The molecule has 4 heterocycles. The lowest BCUT2D eigenvalue weighted by Crippen LogP contribution is -2.26. The molecule has 154 valence electrons. The van der Waals surface area contributed by atoms with E-state index in [0.29, 0.717) is 36.2 Å². The first-order chi connectivity index (χ1) is 14.2. The normalized spacial score (nSPS) is 17.3. The lowest BCUT2D eigenvalue weighted by Gasteiger charge is -2.23. The number of anilines is 1. The Kier molecular flexibility index (Phi) is 6.46. The van der Waals surface area contributed by atoms with Gasteiger partial charge in [-0.15, -0.1) is 0 Å². The number of carbonyl (C=O) groups is 1. The Morgan fingerprint density at radius 2 is 2.03 bits per heavy atom. The van der Waals surface area contributed by atoms with Gasteiger partial charge in [-0.2, -0.15) is 0 Å². The summed E-state index contributed by atoms with van der Waals surface area (Å²) < 4.78 is 11.2. The second-order valence-electron chi connectivity index (χ2n) is 7.34. The number of hydrogen-bond donors (Lipinski definition) is 1. The van der Waals surface area contributed by atoms with Crippen molar-refractivity contribution in [1.82, 2.24) is 15.3 Å². The van der Waals surface area contributed by atoms with Crippen molar-refractivity contribution < 1.29 is 14.3 Å². The molecule has 2 aliphatic heterocycles. The monoisotopic (exact) mass is 416 g/mol. The van der Waals surface area contributed by atoms with Gasteiger partial charge in [-0.25, -0.2) is 9.97 Å². The zero-order valence-electron chi connectivity index (χ0n) is 16.3. The molecule has 8 heteroatoms. The third-order valence-electron chi connectivity index (χ3n) is 5.21. The van der Waals surface area contributed by atoms with Crippen LogP contribution < -0.4 is 15.0 Å². The molecule has 0 bridgehead atoms. The van der Waals surface area contributed by atoms with Crippen LogP contribution in [-0.2, 0) is 11.3 Å². The summed E-state index contributed by atoms with van der Waals surface area (Å²) in [6.07, 6.45) is 7.35. The van der Waals surface area contributed by atoms with E-state index in [1.54, 1.807) is 12.3 Å². The Morgan fingerprint density at radius 3 is 2.79 bits per heavy atom. The van der Waals surface area contributed by atoms with Gasteiger partial charge in [0.2, 0.25) is 5.88 Å². The summed E-state index contributed by atoms with van der Waals surface area (Å²) in [5.74, 6) is 1.10. The fourth-order valence-electron chi connectivity index (χ4n) is 3.56. The molecule has 0 spiro atoms. The molecule has 4 rings (SSSR count). The van der Waals surface area contributed by atoms with Crippen LogP contribution in [0.1, 0.15) is 41.6 Å². The lowest BCUT2D eigenvalue weighted by atomic mass is 10.1. The SMILES string of the molecule is O=C(NCc1ccnc(N2CCCC2)c1)c1cnc(OC2CCOCC2)c(Cl)c1. The Hall–Kier alpha value is -2.38. The molecule has 1 N–H and O–H groups in total. The lowest BCUT2D eigenvalue weighted by molar-refractivity contribution is 0.0238. The molecule has 0 unspecified atom stereocenters. The molecule has 7 nitrogen and oxygen atoms in total. The predicted molar refractivity (Wildman–Crippen MR) is 111 cm³/mol. The quantitative estimate of drug-likeness (QED) is 0.779. The molecule has 2 aromatic heterocycles. The average molecular weight is 417 g/mol. The van der Waals surface area contributed by atoms with Crippen molar-refractivity contribution in [2.75, 3.05) is 31.2 Å². The summed E-state index contributed by atoms with van der Waals surface area (Å²) >= 11 is 6.29. The average Bonchev–Trinajstić information content (AvgIpc) is 3.29. The van der Waals surface area contributed by atoms with Crippen LogP contribution in [0.15, 0.2) is 30.6 Å². The van der Waals surface area contributed by atoms with Gasteiger partial charge >= 0.3 is 0 Å². The first-order valence-corrected chi connectivity index (χ1v) is 10.4. The number of nitrogens with zero attached hydrogens (tertiary/aromatic N) is 3. The van der Waals surface area contributed by atoms with Gasteiger partial charge < -0.3 is 19.7 Å². The first-order valence-electron chi connectivity index (χ1n) is 10.1. The molecule has 0 saturated carbocycles. The molecule has 2 fully saturated rings. The van der Waals surface area contributed by atoms with Gasteiger partial charge in [-0.05, 0) is 36.6 Å². The number of amides is 1. The van der Waals surface area contributed by atoms with E-state index in [-0.39, 0.29) is 12.0 Å². The largest absolute Gasteiger partial charge is 0.473 e. The predicted octanol–water partition coefficient (Wildman–Crippen LogP) is 3.22. The highest BCUT2D eigenvalue weighted by Crippen LogP contribution is 2.25. The maximum atomic E-state index is 12.5. The van der Waals surface area contributed by atoms with E-state index < -0.39 is 0 Å². The molecule has 1 amide bonds. The third kappa shape index (κ3) is 5.16. The summed E-state index contributed by atoms with van der Waals surface area (Å²) in [6.45, 7) is 3.85. The van der Waals surface area contributed by atoms with Crippen LogP contribution in [0, 0.1) is 0 Å². The molecular formula is C21H25ClN4O3. The van der Waals surface area contributed by atoms with Crippen LogP contribution in [0.5, 0.6) is 5.88 Å².